The molecular formula is C49H56N10O3. The number of isocyanates is 3. The Morgan fingerprint density at radius 1 is 0.387 bits per heavy atom. The molecule has 0 amide bonds. The standard InChI is InChI=1S/C20H14N4.C17H12N4O2.C3H5N.C2H3NO.3C2H6.CH4/c1-3-8-17(9-4-1)21-15-23-19-12-7-13-20(14-19)24-16-22-18-10-5-2-6-11-18;1-12-3-5-14(7-16(12)20-10-22)18-9-19-15-6-4-13(2)17(8-15)21-11-23;1-3-4-2;1-3-2-4;3*1-2;/h1-14H;3-8H,1-2H3;1H2,2H3;1H3;3*1-2H3;1H4. The van der Waals surface area contributed by atoms with Crippen molar-refractivity contribution in [1.82, 2.24) is 0 Å². The van der Waals surface area contributed by atoms with Crippen molar-refractivity contribution in [2.75, 3.05) is 14.1 Å². The Morgan fingerprint density at radius 3 is 0.968 bits per heavy atom. The number of aliphatic imine (C=N–C) groups is 10. The Hall–Kier alpha value is -8.17. The molecule has 0 aliphatic rings. The third-order valence-electron chi connectivity index (χ3n) is 6.38. The summed E-state index contributed by atoms with van der Waals surface area (Å²) in [6, 6.07) is 44.9. The zero-order chi connectivity index (χ0) is 45.9. The molecule has 0 bridgehead atoms. The van der Waals surface area contributed by atoms with Crippen molar-refractivity contribution in [3.63, 3.8) is 0 Å². The van der Waals surface area contributed by atoms with E-state index in [0.717, 1.165) is 33.9 Å². The lowest BCUT2D eigenvalue weighted by atomic mass is 10.2. The van der Waals surface area contributed by atoms with E-state index in [0.29, 0.717) is 22.7 Å². The van der Waals surface area contributed by atoms with Gasteiger partial charge in [0.25, 0.3) is 0 Å². The van der Waals surface area contributed by atoms with Crippen LogP contribution in [0.1, 0.15) is 60.1 Å². The highest BCUT2D eigenvalue weighted by atomic mass is 16.1. The van der Waals surface area contributed by atoms with Gasteiger partial charge in [-0.05, 0) is 104 Å². The van der Waals surface area contributed by atoms with Gasteiger partial charge in [0.2, 0.25) is 18.2 Å². The van der Waals surface area contributed by atoms with Gasteiger partial charge in [0.15, 0.2) is 0 Å². The van der Waals surface area contributed by atoms with Gasteiger partial charge >= 0.3 is 0 Å². The van der Waals surface area contributed by atoms with E-state index in [9.17, 15) is 9.59 Å². The first-order valence-corrected chi connectivity index (χ1v) is 19.0. The molecule has 0 aromatic heterocycles. The van der Waals surface area contributed by atoms with Gasteiger partial charge in [0.1, 0.15) is 18.0 Å². The molecule has 5 rings (SSSR count). The summed E-state index contributed by atoms with van der Waals surface area (Å²) in [4.78, 5) is 67.9. The van der Waals surface area contributed by atoms with Crippen molar-refractivity contribution in [2.24, 2.45) is 49.9 Å². The number of hydrogen-bond acceptors (Lipinski definition) is 13. The highest BCUT2D eigenvalue weighted by molar-refractivity contribution is 5.66. The van der Waals surface area contributed by atoms with E-state index in [2.05, 4.69) is 80.4 Å². The maximum atomic E-state index is 10.4. The van der Waals surface area contributed by atoms with Crippen molar-refractivity contribution < 1.29 is 14.4 Å². The molecule has 0 atom stereocenters. The van der Waals surface area contributed by atoms with Crippen molar-refractivity contribution in [1.29, 1.82) is 0 Å². The van der Waals surface area contributed by atoms with Gasteiger partial charge in [-0.25, -0.2) is 24.4 Å². The fourth-order valence-corrected chi connectivity index (χ4v) is 3.73. The molecule has 13 nitrogen and oxygen atoms in total. The summed E-state index contributed by atoms with van der Waals surface area (Å²) in [6.45, 7) is 18.9. The van der Waals surface area contributed by atoms with E-state index >= 15 is 0 Å². The van der Waals surface area contributed by atoms with Crippen LogP contribution in [0.2, 0.25) is 0 Å². The van der Waals surface area contributed by atoms with Crippen molar-refractivity contribution in [2.45, 2.75) is 62.8 Å². The summed E-state index contributed by atoms with van der Waals surface area (Å²) in [5, 5.41) is 0. The van der Waals surface area contributed by atoms with Crippen LogP contribution in [0.4, 0.5) is 45.5 Å². The molecule has 13 heteroatoms. The number of benzene rings is 5. The normalized spacial score (nSPS) is 7.84. The molecule has 0 aliphatic heterocycles. The molecule has 0 spiro atoms. The lowest BCUT2D eigenvalue weighted by molar-refractivity contribution is 0.564. The van der Waals surface area contributed by atoms with Crippen LogP contribution in [-0.2, 0) is 14.4 Å². The zero-order valence-corrected chi connectivity index (χ0v) is 36.5. The minimum absolute atomic E-state index is 0. The van der Waals surface area contributed by atoms with Gasteiger partial charge in [0.05, 0.1) is 45.5 Å². The molecule has 62 heavy (non-hydrogen) atoms. The molecule has 0 radical (unpaired) electrons. The van der Waals surface area contributed by atoms with Crippen LogP contribution < -0.4 is 0 Å². The number of hydrogen-bond donors (Lipinski definition) is 0. The average Bonchev–Trinajstić information content (AvgIpc) is 3.32. The quantitative estimate of drug-likeness (QED) is 0.112. The van der Waals surface area contributed by atoms with Crippen LogP contribution in [0.3, 0.4) is 0 Å². The lowest BCUT2D eigenvalue weighted by Gasteiger charge is -1.98. The Bertz CT molecular complexity index is 2240. The average molecular weight is 833 g/mol. The van der Waals surface area contributed by atoms with Crippen molar-refractivity contribution >= 4 is 87.6 Å². The smallest absolute Gasteiger partial charge is 0.240 e. The predicted molar refractivity (Wildman–Crippen MR) is 259 cm³/mol. The van der Waals surface area contributed by atoms with Crippen LogP contribution >= 0.6 is 0 Å². The molecular weight excluding hydrogens is 777 g/mol. The van der Waals surface area contributed by atoms with E-state index < -0.39 is 0 Å². The van der Waals surface area contributed by atoms with Crippen LogP contribution in [0.5, 0.6) is 0 Å². The summed E-state index contributed by atoms with van der Waals surface area (Å²) in [5.74, 6) is 2.31. The monoisotopic (exact) mass is 832 g/mol. The molecule has 0 saturated heterocycles. The highest BCUT2D eigenvalue weighted by Gasteiger charge is 1.99. The van der Waals surface area contributed by atoms with Crippen LogP contribution in [-0.4, -0.2) is 56.2 Å². The maximum absolute atomic E-state index is 10.4. The molecule has 0 saturated carbocycles. The minimum atomic E-state index is 0. The topological polar surface area (TPSA) is 175 Å². The molecule has 0 heterocycles. The molecule has 0 unspecified atom stereocenters. The number of rotatable bonds is 8. The first-order chi connectivity index (χ1) is 29.9. The molecule has 320 valence electrons. The summed E-state index contributed by atoms with van der Waals surface area (Å²) >= 11 is 0. The highest BCUT2D eigenvalue weighted by Crippen LogP contribution is 2.26. The minimum Gasteiger partial charge on any atom is -0.247 e. The Kier molecular flexibility index (Phi) is 38.5. The first-order valence-electron chi connectivity index (χ1n) is 19.0. The van der Waals surface area contributed by atoms with Gasteiger partial charge in [-0.3, -0.25) is 0 Å². The second-order valence-corrected chi connectivity index (χ2v) is 10.2. The number of para-hydroxylation sites is 2. The van der Waals surface area contributed by atoms with Gasteiger partial charge in [-0.15, -0.1) is 0 Å². The van der Waals surface area contributed by atoms with E-state index in [-0.39, 0.29) is 7.43 Å². The lowest BCUT2D eigenvalue weighted by Crippen LogP contribution is -1.74. The maximum Gasteiger partial charge on any atom is 0.240 e. The van der Waals surface area contributed by atoms with Crippen LogP contribution in [0.25, 0.3) is 0 Å². The predicted octanol–water partition coefficient (Wildman–Crippen LogP) is 14.5. The Labute approximate surface area is 366 Å². The third-order valence-corrected chi connectivity index (χ3v) is 6.38. The molecule has 5 aromatic carbocycles. The number of carbonyl (C=O) groups excluding carboxylic acids is 3. The molecule has 0 N–H and O–H groups in total. The van der Waals surface area contributed by atoms with Crippen molar-refractivity contribution in [3.05, 3.63) is 139 Å². The van der Waals surface area contributed by atoms with E-state index in [1.54, 1.807) is 43.4 Å². The number of aryl methyl sites for hydroxylation is 2. The van der Waals surface area contributed by atoms with Gasteiger partial charge < -0.3 is 0 Å². The SMILES string of the molecule is C.C(=Nc1ccccc1)=Nc1cccc(N=C=Nc2ccccc2)c1.C=C=NC.CC.CC.CC.CN=C=O.Cc1ccc(N=C=Nc2ccc(C)c(N=C=O)c2)cc1N=C=O. The number of nitrogens with zero attached hydrogens (tertiary/aromatic N) is 10. The largest absolute Gasteiger partial charge is 0.247 e. The fraction of sp³-hybridized carbons (Fsp3) is 0.224. The summed E-state index contributed by atoms with van der Waals surface area (Å²) < 4.78 is 0. The Morgan fingerprint density at radius 2 is 0.677 bits per heavy atom. The van der Waals surface area contributed by atoms with Crippen molar-refractivity contribution in [3.8, 4) is 0 Å². The van der Waals surface area contributed by atoms with E-state index in [1.165, 1.54) is 25.3 Å². The third kappa shape index (κ3) is 27.5. The summed E-state index contributed by atoms with van der Waals surface area (Å²) in [5.41, 5.74) is 6.88. The second-order valence-electron chi connectivity index (χ2n) is 10.2. The molecule has 5 aromatic rings. The zero-order valence-electron chi connectivity index (χ0n) is 36.5. The van der Waals surface area contributed by atoms with Crippen LogP contribution in [0.15, 0.2) is 178 Å². The Balaban J connectivity index is -0.000000857. The van der Waals surface area contributed by atoms with Crippen LogP contribution in [0, 0.1) is 13.8 Å². The van der Waals surface area contributed by atoms with Gasteiger partial charge in [-0.2, -0.15) is 39.9 Å². The first kappa shape index (κ1) is 58.1. The van der Waals surface area contributed by atoms with Gasteiger partial charge in [-0.1, -0.05) is 104 Å². The summed E-state index contributed by atoms with van der Waals surface area (Å²) in [6.07, 6.45) is 4.32. The molecule has 0 fully saturated rings. The molecule has 0 aliphatic carbocycles. The second kappa shape index (κ2) is 41.0. The fourth-order valence-electron chi connectivity index (χ4n) is 3.73. The van der Waals surface area contributed by atoms with E-state index in [1.807, 2.05) is 140 Å². The van der Waals surface area contributed by atoms with Gasteiger partial charge in [0, 0.05) is 14.1 Å². The van der Waals surface area contributed by atoms with E-state index in [4.69, 9.17) is 4.79 Å². The summed E-state index contributed by atoms with van der Waals surface area (Å²) in [7, 11) is 3.01.